The van der Waals surface area contributed by atoms with E-state index in [9.17, 15) is 19.2 Å². The largest absolute Gasteiger partial charge is 0.451 e. The predicted octanol–water partition coefficient (Wildman–Crippen LogP) is 3.81. The average molecular weight is 406 g/mol. The molecule has 0 heterocycles. The first kappa shape index (κ1) is 20.0. The van der Waals surface area contributed by atoms with E-state index in [0.29, 0.717) is 46.4 Å². The number of hydrogen-bond donors (Lipinski definition) is 0. The number of hydrogen-bond acceptors (Lipinski definition) is 6. The SMILES string of the molecule is CC(=O)Oc1cccc2c1Cc1c(cccc1C(=O)C1(OC(C)=O)CCCC1)C2=O. The zero-order valence-electron chi connectivity index (χ0n) is 16.9. The highest BCUT2D eigenvalue weighted by molar-refractivity contribution is 6.15. The van der Waals surface area contributed by atoms with Crippen molar-refractivity contribution >= 4 is 23.5 Å². The van der Waals surface area contributed by atoms with Crippen LogP contribution in [0.1, 0.15) is 76.9 Å². The van der Waals surface area contributed by atoms with Gasteiger partial charge in [0.15, 0.2) is 11.4 Å². The molecule has 0 bridgehead atoms. The van der Waals surface area contributed by atoms with Gasteiger partial charge in [0, 0.05) is 42.5 Å². The van der Waals surface area contributed by atoms with Crippen molar-refractivity contribution in [2.75, 3.05) is 0 Å². The van der Waals surface area contributed by atoms with Gasteiger partial charge in [-0.1, -0.05) is 30.3 Å². The van der Waals surface area contributed by atoms with Crippen LogP contribution in [0, 0.1) is 0 Å². The van der Waals surface area contributed by atoms with Crippen LogP contribution < -0.4 is 4.74 Å². The molecule has 1 saturated carbocycles. The summed E-state index contributed by atoms with van der Waals surface area (Å²) >= 11 is 0. The molecule has 154 valence electrons. The second-order valence-corrected chi connectivity index (χ2v) is 7.84. The molecule has 4 rings (SSSR count). The summed E-state index contributed by atoms with van der Waals surface area (Å²) < 4.78 is 10.8. The highest BCUT2D eigenvalue weighted by Gasteiger charge is 2.46. The minimum atomic E-state index is -1.18. The van der Waals surface area contributed by atoms with Gasteiger partial charge in [0.05, 0.1) is 0 Å². The lowest BCUT2D eigenvalue weighted by Crippen LogP contribution is -2.41. The molecule has 2 aliphatic carbocycles. The first-order valence-electron chi connectivity index (χ1n) is 10.0. The summed E-state index contributed by atoms with van der Waals surface area (Å²) in [4.78, 5) is 50.0. The minimum absolute atomic E-state index is 0.220. The minimum Gasteiger partial charge on any atom is -0.451 e. The van der Waals surface area contributed by atoms with Crippen molar-refractivity contribution in [2.45, 2.75) is 51.6 Å². The zero-order valence-corrected chi connectivity index (χ0v) is 16.9. The first-order valence-corrected chi connectivity index (χ1v) is 10.0. The summed E-state index contributed by atoms with van der Waals surface area (Å²) in [6.45, 7) is 2.61. The third-order valence-corrected chi connectivity index (χ3v) is 5.81. The lowest BCUT2D eigenvalue weighted by Gasteiger charge is -2.29. The molecule has 0 aromatic heterocycles. The van der Waals surface area contributed by atoms with Gasteiger partial charge in [-0.05, 0) is 37.3 Å². The van der Waals surface area contributed by atoms with Crippen LogP contribution in [-0.4, -0.2) is 29.1 Å². The van der Waals surface area contributed by atoms with Crippen molar-refractivity contribution in [1.82, 2.24) is 0 Å². The Kier molecular flexibility index (Phi) is 5.02. The molecule has 0 radical (unpaired) electrons. The molecule has 1 fully saturated rings. The summed E-state index contributed by atoms with van der Waals surface area (Å²) in [5.41, 5.74) is 1.27. The summed E-state index contributed by atoms with van der Waals surface area (Å²) in [5.74, 6) is -1.15. The highest BCUT2D eigenvalue weighted by atomic mass is 16.6. The Morgan fingerprint density at radius 1 is 0.867 bits per heavy atom. The topological polar surface area (TPSA) is 86.7 Å². The molecule has 0 spiro atoms. The van der Waals surface area contributed by atoms with Crippen molar-refractivity contribution in [2.24, 2.45) is 0 Å². The molecular weight excluding hydrogens is 384 g/mol. The fourth-order valence-corrected chi connectivity index (χ4v) is 4.58. The Balaban J connectivity index is 1.81. The fourth-order valence-electron chi connectivity index (χ4n) is 4.58. The van der Waals surface area contributed by atoms with E-state index in [0.717, 1.165) is 12.8 Å². The number of Topliss-reactive ketones (excluding diaryl/α,β-unsaturated/α-hetero) is 1. The van der Waals surface area contributed by atoms with Crippen LogP contribution in [0.4, 0.5) is 0 Å². The molecule has 0 N–H and O–H groups in total. The van der Waals surface area contributed by atoms with Crippen LogP contribution in [0.2, 0.25) is 0 Å². The first-order chi connectivity index (χ1) is 14.3. The van der Waals surface area contributed by atoms with Crippen LogP contribution in [0.3, 0.4) is 0 Å². The van der Waals surface area contributed by atoms with Gasteiger partial charge in [0.2, 0.25) is 5.78 Å². The van der Waals surface area contributed by atoms with E-state index < -0.39 is 17.5 Å². The monoisotopic (exact) mass is 406 g/mol. The lowest BCUT2D eigenvalue weighted by atomic mass is 9.79. The van der Waals surface area contributed by atoms with Gasteiger partial charge in [-0.3, -0.25) is 19.2 Å². The second-order valence-electron chi connectivity index (χ2n) is 7.84. The van der Waals surface area contributed by atoms with E-state index in [-0.39, 0.29) is 18.0 Å². The van der Waals surface area contributed by atoms with E-state index in [1.807, 2.05) is 0 Å². The molecule has 2 aliphatic rings. The zero-order chi connectivity index (χ0) is 21.5. The van der Waals surface area contributed by atoms with E-state index in [2.05, 4.69) is 0 Å². The van der Waals surface area contributed by atoms with Crippen molar-refractivity contribution in [1.29, 1.82) is 0 Å². The van der Waals surface area contributed by atoms with Crippen LogP contribution in [-0.2, 0) is 20.7 Å². The van der Waals surface area contributed by atoms with Crippen LogP contribution in [0.15, 0.2) is 36.4 Å². The lowest BCUT2D eigenvalue weighted by molar-refractivity contribution is -0.152. The molecule has 0 aliphatic heterocycles. The number of ketones is 2. The Morgan fingerprint density at radius 3 is 2.13 bits per heavy atom. The van der Waals surface area contributed by atoms with E-state index in [1.54, 1.807) is 36.4 Å². The third kappa shape index (κ3) is 3.32. The highest BCUT2D eigenvalue weighted by Crippen LogP contribution is 2.40. The van der Waals surface area contributed by atoms with Gasteiger partial charge < -0.3 is 9.47 Å². The standard InChI is InChI=1S/C24H22O6/c1-14(25)29-21-10-6-8-17-20(21)13-19-16(22(17)27)7-5-9-18(19)23(28)24(30-15(2)26)11-3-4-12-24/h5-10H,3-4,11-13H2,1-2H3. The molecule has 0 amide bonds. The van der Waals surface area contributed by atoms with Crippen molar-refractivity contribution in [3.8, 4) is 5.75 Å². The second kappa shape index (κ2) is 7.52. The van der Waals surface area contributed by atoms with Gasteiger partial charge in [-0.25, -0.2) is 0 Å². The van der Waals surface area contributed by atoms with Crippen LogP contribution in [0.25, 0.3) is 0 Å². The number of rotatable bonds is 4. The quantitative estimate of drug-likeness (QED) is 0.372. The molecule has 0 saturated heterocycles. The van der Waals surface area contributed by atoms with Crippen molar-refractivity contribution in [3.63, 3.8) is 0 Å². The number of fused-ring (bicyclic) bond motifs is 2. The third-order valence-electron chi connectivity index (χ3n) is 5.81. The maximum atomic E-state index is 13.6. The maximum Gasteiger partial charge on any atom is 0.308 e. The summed E-state index contributed by atoms with van der Waals surface area (Å²) in [7, 11) is 0. The van der Waals surface area contributed by atoms with Gasteiger partial charge in [0.1, 0.15) is 5.75 Å². The van der Waals surface area contributed by atoms with Gasteiger partial charge in [-0.15, -0.1) is 0 Å². The number of benzene rings is 2. The molecule has 6 nitrogen and oxygen atoms in total. The average Bonchev–Trinajstić information content (AvgIpc) is 3.16. The smallest absolute Gasteiger partial charge is 0.308 e. The molecule has 2 aromatic rings. The number of carbonyl (C=O) groups excluding carboxylic acids is 4. The fraction of sp³-hybridized carbons (Fsp3) is 0.333. The van der Waals surface area contributed by atoms with Gasteiger partial charge in [0.25, 0.3) is 0 Å². The summed E-state index contributed by atoms with van der Waals surface area (Å²) in [5, 5.41) is 0. The van der Waals surface area contributed by atoms with Crippen molar-refractivity contribution in [3.05, 3.63) is 64.2 Å². The van der Waals surface area contributed by atoms with Crippen LogP contribution in [0.5, 0.6) is 5.75 Å². The van der Waals surface area contributed by atoms with Gasteiger partial charge in [-0.2, -0.15) is 0 Å². The molecule has 0 atom stereocenters. The Hall–Kier alpha value is -3.28. The van der Waals surface area contributed by atoms with Crippen molar-refractivity contribution < 1.29 is 28.7 Å². The number of ether oxygens (including phenoxy) is 2. The molecule has 0 unspecified atom stereocenters. The van der Waals surface area contributed by atoms with Crippen LogP contribution >= 0.6 is 0 Å². The normalized spacial score (nSPS) is 16.4. The predicted molar refractivity (Wildman–Crippen MR) is 108 cm³/mol. The molecule has 30 heavy (non-hydrogen) atoms. The van der Waals surface area contributed by atoms with E-state index in [1.165, 1.54) is 13.8 Å². The van der Waals surface area contributed by atoms with E-state index >= 15 is 0 Å². The van der Waals surface area contributed by atoms with Gasteiger partial charge >= 0.3 is 11.9 Å². The van der Waals surface area contributed by atoms with E-state index in [4.69, 9.17) is 9.47 Å². The molecule has 6 heteroatoms. The number of esters is 2. The summed E-state index contributed by atoms with van der Waals surface area (Å²) in [6.07, 6.45) is 2.81. The molecule has 2 aromatic carbocycles. The Labute approximate surface area is 174 Å². The Morgan fingerprint density at radius 2 is 1.50 bits per heavy atom. The maximum absolute atomic E-state index is 13.6. The Bertz CT molecular complexity index is 1080. The number of carbonyl (C=O) groups is 4. The summed E-state index contributed by atoms with van der Waals surface area (Å²) in [6, 6.07) is 10.1. The molecular formula is C24H22O6.